The zero-order valence-electron chi connectivity index (χ0n) is 20.3. The van der Waals surface area contributed by atoms with Gasteiger partial charge in [0.1, 0.15) is 0 Å². The Morgan fingerprint density at radius 2 is 1.24 bits per heavy atom. The number of aryl methyl sites for hydroxylation is 1. The number of anilines is 3. The van der Waals surface area contributed by atoms with Gasteiger partial charge in [-0.2, -0.15) is 13.2 Å². The predicted octanol–water partition coefficient (Wildman–Crippen LogP) is 9.72. The standard InChI is InChI=1S/C33H24F3N/c1-22-6-4-9-29(18-22)37(30-10-5-8-27(21-30)33(34,35)36)28-16-14-23(15-17-28)24-12-13-26-19-25-7-2-3-11-31(25)32(26)20-24/h2-18,20-21H,19H2,1H3. The highest BCUT2D eigenvalue weighted by Gasteiger charge is 2.31. The summed E-state index contributed by atoms with van der Waals surface area (Å²) in [5, 5.41) is 0. The molecule has 0 atom stereocenters. The van der Waals surface area contributed by atoms with Crippen molar-refractivity contribution in [2.24, 2.45) is 0 Å². The van der Waals surface area contributed by atoms with Crippen molar-refractivity contribution in [3.8, 4) is 22.3 Å². The summed E-state index contributed by atoms with van der Waals surface area (Å²) < 4.78 is 40.5. The van der Waals surface area contributed by atoms with Crippen LogP contribution in [-0.2, 0) is 12.6 Å². The van der Waals surface area contributed by atoms with Crippen LogP contribution in [-0.4, -0.2) is 0 Å². The Kier molecular flexibility index (Phi) is 5.60. The number of rotatable bonds is 4. The van der Waals surface area contributed by atoms with Crippen LogP contribution >= 0.6 is 0 Å². The van der Waals surface area contributed by atoms with E-state index in [4.69, 9.17) is 0 Å². The van der Waals surface area contributed by atoms with Gasteiger partial charge in [0.25, 0.3) is 0 Å². The van der Waals surface area contributed by atoms with E-state index in [1.54, 1.807) is 6.07 Å². The fourth-order valence-electron chi connectivity index (χ4n) is 5.14. The number of benzene rings is 5. The summed E-state index contributed by atoms with van der Waals surface area (Å²) in [6.07, 6.45) is -3.46. The van der Waals surface area contributed by atoms with Gasteiger partial charge in [-0.3, -0.25) is 0 Å². The first kappa shape index (κ1) is 23.1. The summed E-state index contributed by atoms with van der Waals surface area (Å²) in [4.78, 5) is 1.87. The van der Waals surface area contributed by atoms with Crippen LogP contribution in [0, 0.1) is 6.92 Å². The minimum atomic E-state index is -4.41. The highest BCUT2D eigenvalue weighted by molar-refractivity contribution is 5.83. The molecule has 182 valence electrons. The molecule has 0 fully saturated rings. The maximum absolute atomic E-state index is 13.5. The van der Waals surface area contributed by atoms with E-state index in [-0.39, 0.29) is 0 Å². The summed E-state index contributed by atoms with van der Waals surface area (Å²) in [5.41, 5.74) is 9.82. The molecule has 0 saturated heterocycles. The van der Waals surface area contributed by atoms with Gasteiger partial charge in [-0.05, 0) is 101 Å². The Morgan fingerprint density at radius 1 is 0.568 bits per heavy atom. The van der Waals surface area contributed by atoms with Crippen molar-refractivity contribution in [1.82, 2.24) is 0 Å². The molecule has 5 aromatic rings. The summed E-state index contributed by atoms with van der Waals surface area (Å²) in [6.45, 7) is 1.98. The molecule has 0 spiro atoms. The van der Waals surface area contributed by atoms with Crippen molar-refractivity contribution in [3.05, 3.63) is 138 Å². The third-order valence-corrected chi connectivity index (χ3v) is 6.95. The lowest BCUT2D eigenvalue weighted by molar-refractivity contribution is -0.137. The van der Waals surface area contributed by atoms with E-state index in [0.29, 0.717) is 5.69 Å². The summed E-state index contributed by atoms with van der Waals surface area (Å²) in [5.74, 6) is 0. The van der Waals surface area contributed by atoms with E-state index in [1.807, 2.05) is 60.4 Å². The molecule has 1 aliphatic rings. The second-order valence-corrected chi connectivity index (χ2v) is 9.48. The highest BCUT2D eigenvalue weighted by Crippen LogP contribution is 2.41. The third-order valence-electron chi connectivity index (χ3n) is 6.95. The average Bonchev–Trinajstić information content (AvgIpc) is 3.27. The Hall–Kier alpha value is -4.31. The molecule has 4 heteroatoms. The van der Waals surface area contributed by atoms with Crippen molar-refractivity contribution < 1.29 is 13.2 Å². The van der Waals surface area contributed by atoms with Gasteiger partial charge in [-0.1, -0.05) is 66.7 Å². The molecule has 0 saturated carbocycles. The molecule has 0 aromatic heterocycles. The average molecular weight is 492 g/mol. The van der Waals surface area contributed by atoms with Crippen molar-refractivity contribution in [3.63, 3.8) is 0 Å². The van der Waals surface area contributed by atoms with E-state index in [9.17, 15) is 13.2 Å². The van der Waals surface area contributed by atoms with Crippen LogP contribution in [0.5, 0.6) is 0 Å². The SMILES string of the molecule is Cc1cccc(N(c2ccc(-c3ccc4c(c3)-c3ccccc3C4)cc2)c2cccc(C(F)(F)F)c2)c1. The van der Waals surface area contributed by atoms with E-state index in [2.05, 4.69) is 42.5 Å². The Morgan fingerprint density at radius 3 is 2.00 bits per heavy atom. The van der Waals surface area contributed by atoms with Crippen LogP contribution in [0.1, 0.15) is 22.3 Å². The Bertz CT molecular complexity index is 1600. The zero-order chi connectivity index (χ0) is 25.6. The second kappa shape index (κ2) is 8.97. The van der Waals surface area contributed by atoms with Gasteiger partial charge in [0.05, 0.1) is 5.56 Å². The molecule has 37 heavy (non-hydrogen) atoms. The van der Waals surface area contributed by atoms with Gasteiger partial charge in [-0.25, -0.2) is 0 Å². The van der Waals surface area contributed by atoms with Gasteiger partial charge in [-0.15, -0.1) is 0 Å². The fraction of sp³-hybridized carbons (Fsp3) is 0.0909. The topological polar surface area (TPSA) is 3.24 Å². The molecule has 1 aliphatic carbocycles. The van der Waals surface area contributed by atoms with Crippen molar-refractivity contribution >= 4 is 17.1 Å². The molecule has 0 aliphatic heterocycles. The molecule has 0 radical (unpaired) electrons. The molecular formula is C33H24F3N. The van der Waals surface area contributed by atoms with Crippen LogP contribution in [0.4, 0.5) is 30.2 Å². The summed E-state index contributed by atoms with van der Waals surface area (Å²) in [6, 6.07) is 36.4. The molecular weight excluding hydrogens is 467 g/mol. The van der Waals surface area contributed by atoms with Crippen LogP contribution in [0.3, 0.4) is 0 Å². The predicted molar refractivity (Wildman–Crippen MR) is 145 cm³/mol. The molecule has 1 nitrogen and oxygen atoms in total. The van der Waals surface area contributed by atoms with E-state index >= 15 is 0 Å². The molecule has 0 amide bonds. The lowest BCUT2D eigenvalue weighted by Crippen LogP contribution is -2.12. The van der Waals surface area contributed by atoms with Crippen LogP contribution in [0.25, 0.3) is 22.3 Å². The van der Waals surface area contributed by atoms with Crippen molar-refractivity contribution in [2.45, 2.75) is 19.5 Å². The fourth-order valence-corrected chi connectivity index (χ4v) is 5.14. The van der Waals surface area contributed by atoms with E-state index < -0.39 is 11.7 Å². The zero-order valence-corrected chi connectivity index (χ0v) is 20.3. The lowest BCUT2D eigenvalue weighted by Gasteiger charge is -2.26. The first-order chi connectivity index (χ1) is 17.9. The maximum atomic E-state index is 13.5. The van der Waals surface area contributed by atoms with Gasteiger partial charge >= 0.3 is 6.18 Å². The molecule has 0 bridgehead atoms. The number of fused-ring (bicyclic) bond motifs is 3. The van der Waals surface area contributed by atoms with Gasteiger partial charge < -0.3 is 4.90 Å². The summed E-state index contributed by atoms with van der Waals surface area (Å²) in [7, 11) is 0. The second-order valence-electron chi connectivity index (χ2n) is 9.48. The normalized spacial score (nSPS) is 12.2. The molecule has 5 aromatic carbocycles. The Labute approximate surface area is 214 Å². The molecule has 0 heterocycles. The Balaban J connectivity index is 1.40. The molecule has 0 N–H and O–H groups in total. The molecule has 6 rings (SSSR count). The van der Waals surface area contributed by atoms with Gasteiger partial charge in [0, 0.05) is 17.1 Å². The van der Waals surface area contributed by atoms with Crippen LogP contribution in [0.2, 0.25) is 0 Å². The van der Waals surface area contributed by atoms with Crippen molar-refractivity contribution in [1.29, 1.82) is 0 Å². The first-order valence-corrected chi connectivity index (χ1v) is 12.2. The lowest BCUT2D eigenvalue weighted by atomic mass is 9.98. The highest BCUT2D eigenvalue weighted by atomic mass is 19.4. The number of alkyl halides is 3. The monoisotopic (exact) mass is 491 g/mol. The minimum absolute atomic E-state index is 0.460. The van der Waals surface area contributed by atoms with Crippen LogP contribution in [0.15, 0.2) is 115 Å². The maximum Gasteiger partial charge on any atom is 0.416 e. The third kappa shape index (κ3) is 4.40. The molecule has 0 unspecified atom stereocenters. The number of hydrogen-bond donors (Lipinski definition) is 0. The number of nitrogens with zero attached hydrogens (tertiary/aromatic N) is 1. The number of halogens is 3. The minimum Gasteiger partial charge on any atom is -0.310 e. The number of hydrogen-bond acceptors (Lipinski definition) is 1. The largest absolute Gasteiger partial charge is 0.416 e. The van der Waals surface area contributed by atoms with E-state index in [0.717, 1.165) is 40.6 Å². The quantitative estimate of drug-likeness (QED) is 0.237. The summed E-state index contributed by atoms with van der Waals surface area (Å²) >= 11 is 0. The van der Waals surface area contributed by atoms with Gasteiger partial charge in [0.15, 0.2) is 0 Å². The van der Waals surface area contributed by atoms with Gasteiger partial charge in [0.2, 0.25) is 0 Å². The van der Waals surface area contributed by atoms with Crippen molar-refractivity contribution in [2.75, 3.05) is 4.90 Å². The van der Waals surface area contributed by atoms with Crippen LogP contribution < -0.4 is 4.90 Å². The first-order valence-electron chi connectivity index (χ1n) is 12.2. The smallest absolute Gasteiger partial charge is 0.310 e. The van der Waals surface area contributed by atoms with E-state index in [1.165, 1.54) is 34.4 Å².